The lowest BCUT2D eigenvalue weighted by atomic mass is 9.85. The monoisotopic (exact) mass is 230 g/mol. The highest BCUT2D eigenvalue weighted by Crippen LogP contribution is 2.33. The van der Waals surface area contributed by atoms with E-state index in [1.165, 1.54) is 55.6 Å². The molecule has 0 spiro atoms. The Kier molecular flexibility index (Phi) is 3.06. The number of nitrogens with two attached hydrogens (primary N) is 1. The Balaban J connectivity index is 1.73. The van der Waals surface area contributed by atoms with E-state index in [1.807, 2.05) is 0 Å². The molecule has 0 radical (unpaired) electrons. The summed E-state index contributed by atoms with van der Waals surface area (Å²) in [6.45, 7) is 3.26. The van der Waals surface area contributed by atoms with Gasteiger partial charge in [-0.05, 0) is 55.3 Å². The average Bonchev–Trinajstić information content (AvgIpc) is 2.66. The highest BCUT2D eigenvalue weighted by atomic mass is 15.1. The van der Waals surface area contributed by atoms with Crippen molar-refractivity contribution in [1.29, 1.82) is 0 Å². The molecular weight excluding hydrogens is 208 g/mol. The highest BCUT2D eigenvalue weighted by Gasteiger charge is 2.25. The van der Waals surface area contributed by atoms with Crippen LogP contribution in [0.15, 0.2) is 18.2 Å². The van der Waals surface area contributed by atoms with Crippen molar-refractivity contribution in [3.05, 3.63) is 29.3 Å². The Hall–Kier alpha value is -1.02. The van der Waals surface area contributed by atoms with Gasteiger partial charge in [-0.3, -0.25) is 0 Å². The molecule has 0 saturated heterocycles. The second-order valence-electron chi connectivity index (χ2n) is 5.49. The van der Waals surface area contributed by atoms with Crippen LogP contribution in [0.3, 0.4) is 0 Å². The van der Waals surface area contributed by atoms with Gasteiger partial charge in [0.1, 0.15) is 0 Å². The molecule has 2 aliphatic rings. The molecule has 17 heavy (non-hydrogen) atoms. The fourth-order valence-corrected chi connectivity index (χ4v) is 3.02. The van der Waals surface area contributed by atoms with Crippen molar-refractivity contribution in [1.82, 2.24) is 0 Å². The number of nitrogens with zero attached hydrogens (tertiary/aromatic N) is 1. The molecule has 0 unspecified atom stereocenters. The second kappa shape index (κ2) is 4.69. The van der Waals surface area contributed by atoms with E-state index < -0.39 is 0 Å². The third-order valence-corrected chi connectivity index (χ3v) is 4.27. The molecule has 1 saturated carbocycles. The molecule has 1 aromatic rings. The van der Waals surface area contributed by atoms with Gasteiger partial charge >= 0.3 is 0 Å². The Morgan fingerprint density at radius 1 is 1.29 bits per heavy atom. The summed E-state index contributed by atoms with van der Waals surface area (Å²) in [4.78, 5) is 2.59. The zero-order chi connectivity index (χ0) is 11.7. The highest BCUT2D eigenvalue weighted by molar-refractivity contribution is 5.59. The summed E-state index contributed by atoms with van der Waals surface area (Å²) in [6, 6.07) is 6.93. The fourth-order valence-electron chi connectivity index (χ4n) is 3.02. The molecule has 92 valence electrons. The van der Waals surface area contributed by atoms with Gasteiger partial charge in [-0.1, -0.05) is 18.6 Å². The molecule has 0 bridgehead atoms. The third-order valence-electron chi connectivity index (χ3n) is 4.27. The maximum absolute atomic E-state index is 5.61. The molecule has 2 N–H and O–H groups in total. The molecular formula is C15H22N2. The minimum atomic E-state index is 0.755. The SMILES string of the molecule is NCCc1ccc2c(c1)CCN2CC1CCC1. The standard InChI is InChI=1S/C15H22N2/c16-8-6-12-4-5-15-14(10-12)7-9-17(15)11-13-2-1-3-13/h4-5,10,13H,1-3,6-9,11,16H2. The molecule has 1 heterocycles. The summed E-state index contributed by atoms with van der Waals surface area (Å²) in [5.41, 5.74) is 10.0. The summed E-state index contributed by atoms with van der Waals surface area (Å²) in [7, 11) is 0. The zero-order valence-electron chi connectivity index (χ0n) is 10.5. The first-order valence-corrected chi connectivity index (χ1v) is 6.93. The molecule has 0 amide bonds. The van der Waals surface area contributed by atoms with Crippen molar-refractivity contribution in [2.24, 2.45) is 11.7 Å². The van der Waals surface area contributed by atoms with Crippen LogP contribution in [-0.4, -0.2) is 19.6 Å². The Morgan fingerprint density at radius 3 is 2.88 bits per heavy atom. The van der Waals surface area contributed by atoms with Crippen LogP contribution in [0.1, 0.15) is 30.4 Å². The third kappa shape index (κ3) is 2.19. The van der Waals surface area contributed by atoms with Crippen LogP contribution >= 0.6 is 0 Å². The summed E-state index contributed by atoms with van der Waals surface area (Å²) >= 11 is 0. The predicted molar refractivity (Wildman–Crippen MR) is 72.5 cm³/mol. The first kappa shape index (κ1) is 11.1. The maximum Gasteiger partial charge on any atom is 0.0399 e. The van der Waals surface area contributed by atoms with E-state index >= 15 is 0 Å². The van der Waals surface area contributed by atoms with Crippen molar-refractivity contribution < 1.29 is 0 Å². The lowest BCUT2D eigenvalue weighted by molar-refractivity contribution is 0.319. The van der Waals surface area contributed by atoms with Gasteiger partial charge in [-0.25, -0.2) is 0 Å². The predicted octanol–water partition coefficient (Wildman–Crippen LogP) is 2.35. The molecule has 3 rings (SSSR count). The first-order chi connectivity index (χ1) is 8.36. The van der Waals surface area contributed by atoms with Gasteiger partial charge in [0.2, 0.25) is 0 Å². The summed E-state index contributed by atoms with van der Waals surface area (Å²) < 4.78 is 0. The van der Waals surface area contributed by atoms with Gasteiger partial charge < -0.3 is 10.6 Å². The molecule has 0 atom stereocenters. The van der Waals surface area contributed by atoms with Crippen molar-refractivity contribution in [3.8, 4) is 0 Å². The van der Waals surface area contributed by atoms with Crippen molar-refractivity contribution in [3.63, 3.8) is 0 Å². The number of benzene rings is 1. The molecule has 1 aliphatic heterocycles. The molecule has 1 fully saturated rings. The van der Waals surface area contributed by atoms with Crippen LogP contribution < -0.4 is 10.6 Å². The smallest absolute Gasteiger partial charge is 0.0399 e. The lowest BCUT2D eigenvalue weighted by Crippen LogP contribution is -2.31. The molecule has 2 nitrogen and oxygen atoms in total. The van der Waals surface area contributed by atoms with Crippen LogP contribution in [0.4, 0.5) is 5.69 Å². The quantitative estimate of drug-likeness (QED) is 0.860. The van der Waals surface area contributed by atoms with Crippen molar-refractivity contribution in [2.75, 3.05) is 24.5 Å². The molecule has 1 aliphatic carbocycles. The van der Waals surface area contributed by atoms with Crippen LogP contribution in [-0.2, 0) is 12.8 Å². The van der Waals surface area contributed by atoms with Crippen molar-refractivity contribution >= 4 is 5.69 Å². The Bertz CT molecular complexity index is 396. The van der Waals surface area contributed by atoms with E-state index in [0.29, 0.717) is 0 Å². The second-order valence-corrected chi connectivity index (χ2v) is 5.49. The minimum Gasteiger partial charge on any atom is -0.371 e. The number of fused-ring (bicyclic) bond motifs is 1. The average molecular weight is 230 g/mol. The van der Waals surface area contributed by atoms with Crippen LogP contribution in [0.2, 0.25) is 0 Å². The first-order valence-electron chi connectivity index (χ1n) is 6.93. The summed E-state index contributed by atoms with van der Waals surface area (Å²) in [5.74, 6) is 0.963. The minimum absolute atomic E-state index is 0.755. The van der Waals surface area contributed by atoms with Gasteiger partial charge in [0.25, 0.3) is 0 Å². The number of rotatable bonds is 4. The van der Waals surface area contributed by atoms with Crippen molar-refractivity contribution in [2.45, 2.75) is 32.1 Å². The summed E-state index contributed by atoms with van der Waals surface area (Å²) in [6.07, 6.45) is 6.56. The molecule has 0 aromatic heterocycles. The number of hydrogen-bond donors (Lipinski definition) is 1. The maximum atomic E-state index is 5.61. The summed E-state index contributed by atoms with van der Waals surface area (Å²) in [5, 5.41) is 0. The van der Waals surface area contributed by atoms with E-state index in [0.717, 1.165) is 18.9 Å². The van der Waals surface area contributed by atoms with Crippen LogP contribution in [0, 0.1) is 5.92 Å². The van der Waals surface area contributed by atoms with Crippen LogP contribution in [0.5, 0.6) is 0 Å². The largest absolute Gasteiger partial charge is 0.371 e. The van der Waals surface area contributed by atoms with E-state index in [1.54, 1.807) is 0 Å². The van der Waals surface area contributed by atoms with Gasteiger partial charge in [0.05, 0.1) is 0 Å². The number of hydrogen-bond acceptors (Lipinski definition) is 2. The lowest BCUT2D eigenvalue weighted by Gasteiger charge is -2.31. The van der Waals surface area contributed by atoms with E-state index in [9.17, 15) is 0 Å². The van der Waals surface area contributed by atoms with E-state index in [2.05, 4.69) is 23.1 Å². The Labute approximate surface area is 104 Å². The fraction of sp³-hybridized carbons (Fsp3) is 0.600. The normalized spacial score (nSPS) is 19.2. The van der Waals surface area contributed by atoms with Gasteiger partial charge in [-0.15, -0.1) is 0 Å². The Morgan fingerprint density at radius 2 is 2.18 bits per heavy atom. The van der Waals surface area contributed by atoms with Gasteiger partial charge in [0.15, 0.2) is 0 Å². The van der Waals surface area contributed by atoms with Gasteiger partial charge in [0, 0.05) is 18.8 Å². The number of anilines is 1. The van der Waals surface area contributed by atoms with E-state index in [-0.39, 0.29) is 0 Å². The topological polar surface area (TPSA) is 29.3 Å². The van der Waals surface area contributed by atoms with Crippen LogP contribution in [0.25, 0.3) is 0 Å². The zero-order valence-corrected chi connectivity index (χ0v) is 10.5. The molecule has 2 heteroatoms. The molecule has 1 aromatic carbocycles. The van der Waals surface area contributed by atoms with Gasteiger partial charge in [-0.2, -0.15) is 0 Å². The van der Waals surface area contributed by atoms with E-state index in [4.69, 9.17) is 5.73 Å².